The Bertz CT molecular complexity index is 855. The third kappa shape index (κ3) is 3.55. The molecule has 0 saturated heterocycles. The van der Waals surface area contributed by atoms with Crippen LogP contribution in [0, 0.1) is 0 Å². The zero-order valence-corrected chi connectivity index (χ0v) is 13.5. The molecule has 0 aromatic heterocycles. The molecule has 3 rings (SSSR count). The summed E-state index contributed by atoms with van der Waals surface area (Å²) in [4.78, 5) is 16.3. The fourth-order valence-corrected chi connectivity index (χ4v) is 2.37. The Labute approximate surface area is 144 Å². The second kappa shape index (κ2) is 7.15. The molecule has 120 valence electrons. The van der Waals surface area contributed by atoms with Gasteiger partial charge in [-0.05, 0) is 30.3 Å². The minimum Gasteiger partial charge on any atom is -0.489 e. The van der Waals surface area contributed by atoms with Gasteiger partial charge in [-0.15, -0.1) is 0 Å². The largest absolute Gasteiger partial charge is 0.489 e. The summed E-state index contributed by atoms with van der Waals surface area (Å²) < 4.78 is 10.8. The van der Waals surface area contributed by atoms with Gasteiger partial charge in [0.1, 0.15) is 12.4 Å². The number of nitrogens with zero attached hydrogens (tertiary/aromatic N) is 1. The van der Waals surface area contributed by atoms with Crippen LogP contribution in [-0.4, -0.2) is 18.5 Å². The van der Waals surface area contributed by atoms with Crippen LogP contribution in [-0.2, 0) is 9.53 Å². The number of esters is 1. The topological polar surface area (TPSA) is 47.9 Å². The highest BCUT2D eigenvalue weighted by atomic mass is 35.5. The molecule has 0 atom stereocenters. The maximum Gasteiger partial charge on any atom is 0.363 e. The van der Waals surface area contributed by atoms with Gasteiger partial charge in [0.25, 0.3) is 0 Å². The average molecular weight is 340 g/mol. The Morgan fingerprint density at radius 3 is 2.83 bits per heavy atom. The van der Waals surface area contributed by atoms with E-state index in [0.29, 0.717) is 22.9 Å². The van der Waals surface area contributed by atoms with Crippen LogP contribution >= 0.6 is 11.6 Å². The molecule has 1 aliphatic heterocycles. The highest BCUT2D eigenvalue weighted by molar-refractivity contribution is 6.31. The summed E-state index contributed by atoms with van der Waals surface area (Å²) in [5.41, 5.74) is 1.59. The second-order valence-electron chi connectivity index (χ2n) is 4.98. The Hall–Kier alpha value is -2.85. The molecule has 5 heteroatoms. The number of hydrogen-bond donors (Lipinski definition) is 0. The molecule has 2 aromatic carbocycles. The molecule has 0 fully saturated rings. The lowest BCUT2D eigenvalue weighted by Gasteiger charge is -2.06. The molecule has 1 aliphatic rings. The number of halogens is 1. The predicted molar refractivity (Wildman–Crippen MR) is 94.2 cm³/mol. The summed E-state index contributed by atoms with van der Waals surface area (Å²) in [7, 11) is 0. The van der Waals surface area contributed by atoms with Crippen molar-refractivity contribution in [2.75, 3.05) is 6.61 Å². The normalized spacial score (nSPS) is 15.1. The number of benzene rings is 2. The summed E-state index contributed by atoms with van der Waals surface area (Å²) in [6, 6.07) is 14.4. The molecule has 4 nitrogen and oxygen atoms in total. The minimum atomic E-state index is -0.511. The van der Waals surface area contributed by atoms with E-state index < -0.39 is 5.97 Å². The van der Waals surface area contributed by atoms with Gasteiger partial charge in [-0.2, -0.15) is 0 Å². The SMILES string of the molecule is C=CCOc1ccccc1/C=C1\N=C(c2cccc(Cl)c2)OC1=O. The van der Waals surface area contributed by atoms with Crippen molar-refractivity contribution < 1.29 is 14.3 Å². The zero-order chi connectivity index (χ0) is 16.9. The van der Waals surface area contributed by atoms with Crippen molar-refractivity contribution in [1.29, 1.82) is 0 Å². The van der Waals surface area contributed by atoms with Crippen LogP contribution < -0.4 is 4.74 Å². The number of cyclic esters (lactones) is 1. The Morgan fingerprint density at radius 2 is 2.04 bits per heavy atom. The summed E-state index contributed by atoms with van der Waals surface area (Å²) in [5.74, 6) is 0.367. The molecule has 0 N–H and O–H groups in total. The van der Waals surface area contributed by atoms with Crippen molar-refractivity contribution >= 4 is 29.5 Å². The first kappa shape index (κ1) is 16.0. The molecule has 24 heavy (non-hydrogen) atoms. The van der Waals surface area contributed by atoms with Crippen molar-refractivity contribution in [3.63, 3.8) is 0 Å². The Morgan fingerprint density at radius 1 is 1.21 bits per heavy atom. The van der Waals surface area contributed by atoms with Crippen LogP contribution in [0.2, 0.25) is 5.02 Å². The minimum absolute atomic E-state index is 0.208. The third-order valence-corrected chi connectivity index (χ3v) is 3.50. The molecule has 0 radical (unpaired) electrons. The predicted octanol–water partition coefficient (Wildman–Crippen LogP) is 4.25. The number of carbonyl (C=O) groups is 1. The van der Waals surface area contributed by atoms with E-state index in [1.807, 2.05) is 24.3 Å². The van der Waals surface area contributed by atoms with Gasteiger partial charge < -0.3 is 9.47 Å². The third-order valence-electron chi connectivity index (χ3n) is 3.26. The van der Waals surface area contributed by atoms with E-state index in [2.05, 4.69) is 11.6 Å². The van der Waals surface area contributed by atoms with Crippen molar-refractivity contribution in [2.24, 2.45) is 4.99 Å². The lowest BCUT2D eigenvalue weighted by Crippen LogP contribution is -2.05. The lowest BCUT2D eigenvalue weighted by molar-refractivity contribution is -0.129. The highest BCUT2D eigenvalue weighted by Gasteiger charge is 2.24. The number of aliphatic imine (C=N–C) groups is 1. The molecule has 0 aliphatic carbocycles. The molecule has 1 heterocycles. The molecule has 0 unspecified atom stereocenters. The zero-order valence-electron chi connectivity index (χ0n) is 12.7. The van der Waals surface area contributed by atoms with Crippen LogP contribution in [0.1, 0.15) is 11.1 Å². The highest BCUT2D eigenvalue weighted by Crippen LogP contribution is 2.25. The van der Waals surface area contributed by atoms with Crippen LogP contribution in [0.4, 0.5) is 0 Å². The van der Waals surface area contributed by atoms with E-state index in [1.54, 1.807) is 36.4 Å². The van der Waals surface area contributed by atoms with Crippen LogP contribution in [0.15, 0.2) is 71.9 Å². The van der Waals surface area contributed by atoms with Crippen molar-refractivity contribution in [2.45, 2.75) is 0 Å². The molecule has 0 saturated carbocycles. The van der Waals surface area contributed by atoms with Crippen molar-refractivity contribution in [1.82, 2.24) is 0 Å². The monoisotopic (exact) mass is 339 g/mol. The summed E-state index contributed by atoms with van der Waals surface area (Å²) in [6.07, 6.45) is 3.29. The van der Waals surface area contributed by atoms with Crippen LogP contribution in [0.25, 0.3) is 6.08 Å². The smallest absolute Gasteiger partial charge is 0.363 e. The van der Waals surface area contributed by atoms with Gasteiger partial charge in [-0.25, -0.2) is 9.79 Å². The number of carbonyl (C=O) groups excluding carboxylic acids is 1. The number of rotatable bonds is 5. The van der Waals surface area contributed by atoms with Gasteiger partial charge in [-0.1, -0.05) is 48.5 Å². The second-order valence-corrected chi connectivity index (χ2v) is 5.42. The molecule has 0 amide bonds. The van der Waals surface area contributed by atoms with Gasteiger partial charge in [0.2, 0.25) is 5.90 Å². The van der Waals surface area contributed by atoms with Gasteiger partial charge >= 0.3 is 5.97 Å². The molecule has 0 spiro atoms. The van der Waals surface area contributed by atoms with E-state index in [-0.39, 0.29) is 11.6 Å². The maximum absolute atomic E-state index is 12.1. The van der Waals surface area contributed by atoms with Gasteiger partial charge in [0, 0.05) is 16.1 Å². The number of ether oxygens (including phenoxy) is 2. The standard InChI is InChI=1S/C19H14ClNO3/c1-2-10-23-17-9-4-3-6-13(17)12-16-19(22)24-18(21-16)14-7-5-8-15(20)11-14/h2-9,11-12H,1,10H2/b16-12-. The first-order chi connectivity index (χ1) is 11.7. The van der Waals surface area contributed by atoms with E-state index in [1.165, 1.54) is 0 Å². The van der Waals surface area contributed by atoms with E-state index in [0.717, 1.165) is 5.56 Å². The summed E-state index contributed by atoms with van der Waals surface area (Å²) in [6.45, 7) is 4.00. The van der Waals surface area contributed by atoms with Crippen LogP contribution in [0.3, 0.4) is 0 Å². The first-order valence-corrected chi connectivity index (χ1v) is 7.66. The number of hydrogen-bond acceptors (Lipinski definition) is 4. The van der Waals surface area contributed by atoms with E-state index in [9.17, 15) is 4.79 Å². The molecular formula is C19H14ClNO3. The fourth-order valence-electron chi connectivity index (χ4n) is 2.18. The quantitative estimate of drug-likeness (QED) is 0.465. The molecule has 0 bridgehead atoms. The fraction of sp³-hybridized carbons (Fsp3) is 0.0526. The van der Waals surface area contributed by atoms with Crippen molar-refractivity contribution in [3.8, 4) is 5.75 Å². The Balaban J connectivity index is 1.93. The Kier molecular flexibility index (Phi) is 4.77. The first-order valence-electron chi connectivity index (χ1n) is 7.28. The summed E-state index contributed by atoms with van der Waals surface area (Å²) in [5, 5.41) is 0.548. The summed E-state index contributed by atoms with van der Waals surface area (Å²) >= 11 is 5.96. The number of para-hydroxylation sites is 1. The van der Waals surface area contributed by atoms with E-state index >= 15 is 0 Å². The van der Waals surface area contributed by atoms with E-state index in [4.69, 9.17) is 21.1 Å². The molecule has 2 aromatic rings. The van der Waals surface area contributed by atoms with Gasteiger partial charge in [-0.3, -0.25) is 0 Å². The van der Waals surface area contributed by atoms with Crippen molar-refractivity contribution in [3.05, 3.63) is 83.0 Å². The lowest BCUT2D eigenvalue weighted by atomic mass is 10.1. The average Bonchev–Trinajstić information content (AvgIpc) is 2.95. The maximum atomic E-state index is 12.1. The van der Waals surface area contributed by atoms with Gasteiger partial charge in [0.15, 0.2) is 5.70 Å². The molecular weight excluding hydrogens is 326 g/mol. The van der Waals surface area contributed by atoms with Gasteiger partial charge in [0.05, 0.1) is 0 Å². The van der Waals surface area contributed by atoms with Crippen LogP contribution in [0.5, 0.6) is 5.75 Å².